The molecule has 11 atom stereocenters. The maximum absolute atomic E-state index is 11.7. The third-order valence-electron chi connectivity index (χ3n) is 9.24. The van der Waals surface area contributed by atoms with Crippen molar-refractivity contribution in [1.82, 2.24) is 0 Å². The van der Waals surface area contributed by atoms with Crippen LogP contribution in [0.2, 0.25) is 0 Å². The quantitative estimate of drug-likeness (QED) is 0.287. The highest BCUT2D eigenvalue weighted by Crippen LogP contribution is 2.69. The van der Waals surface area contributed by atoms with Gasteiger partial charge < -0.3 is 35.7 Å². The SMILES string of the molecule is CC1(O)CC23CC(O)C4(O)C(C(O)C(O)C4(C)C)C(C)(O)C2CCC1C3O. The summed E-state index contributed by atoms with van der Waals surface area (Å²) in [5, 5.41) is 78.0. The Morgan fingerprint density at radius 3 is 2.00 bits per heavy atom. The van der Waals surface area contributed by atoms with Gasteiger partial charge in [-0.3, -0.25) is 0 Å². The minimum Gasteiger partial charge on any atom is -0.392 e. The highest BCUT2D eigenvalue weighted by molar-refractivity contribution is 5.27. The topological polar surface area (TPSA) is 142 Å². The summed E-state index contributed by atoms with van der Waals surface area (Å²) in [6.07, 6.45) is -3.78. The molecule has 0 aromatic rings. The number of aliphatic hydroxyl groups is 7. The van der Waals surface area contributed by atoms with Gasteiger partial charge in [0.2, 0.25) is 0 Å². The van der Waals surface area contributed by atoms with E-state index < -0.39 is 63.9 Å². The molecule has 4 aliphatic rings. The van der Waals surface area contributed by atoms with Crippen LogP contribution in [0.25, 0.3) is 0 Å². The van der Waals surface area contributed by atoms with Gasteiger partial charge in [0.25, 0.3) is 0 Å². The van der Waals surface area contributed by atoms with Crippen LogP contribution in [-0.2, 0) is 0 Å². The zero-order valence-corrected chi connectivity index (χ0v) is 16.5. The molecule has 0 heterocycles. The first-order valence-corrected chi connectivity index (χ1v) is 10.0. The van der Waals surface area contributed by atoms with Crippen molar-refractivity contribution in [2.75, 3.05) is 0 Å². The molecule has 27 heavy (non-hydrogen) atoms. The maximum Gasteiger partial charge on any atom is 0.106 e. The Kier molecular flexibility index (Phi) is 3.89. The molecule has 4 rings (SSSR count). The van der Waals surface area contributed by atoms with E-state index in [9.17, 15) is 35.7 Å². The van der Waals surface area contributed by atoms with Crippen LogP contribution in [0.15, 0.2) is 0 Å². The zero-order valence-electron chi connectivity index (χ0n) is 16.5. The molecule has 4 saturated carbocycles. The molecular weight excluding hydrogens is 352 g/mol. The maximum atomic E-state index is 11.7. The Morgan fingerprint density at radius 2 is 1.41 bits per heavy atom. The second kappa shape index (κ2) is 5.25. The van der Waals surface area contributed by atoms with Crippen LogP contribution in [-0.4, -0.2) is 77.0 Å². The van der Waals surface area contributed by atoms with Crippen LogP contribution in [0.3, 0.4) is 0 Å². The fourth-order valence-electron chi connectivity index (χ4n) is 7.95. The second-order valence-electron chi connectivity index (χ2n) is 10.9. The molecule has 0 amide bonds. The van der Waals surface area contributed by atoms with Crippen LogP contribution in [0.4, 0.5) is 0 Å². The minimum absolute atomic E-state index is 0.00248. The van der Waals surface area contributed by atoms with Gasteiger partial charge in [-0.15, -0.1) is 0 Å². The van der Waals surface area contributed by atoms with E-state index >= 15 is 0 Å². The molecule has 7 N–H and O–H groups in total. The number of rotatable bonds is 0. The largest absolute Gasteiger partial charge is 0.392 e. The Bertz CT molecular complexity index is 646. The fourth-order valence-corrected chi connectivity index (χ4v) is 7.95. The van der Waals surface area contributed by atoms with Crippen molar-refractivity contribution in [2.45, 2.75) is 94.6 Å². The van der Waals surface area contributed by atoms with Crippen molar-refractivity contribution in [3.63, 3.8) is 0 Å². The van der Waals surface area contributed by atoms with Crippen molar-refractivity contribution in [2.24, 2.45) is 28.6 Å². The summed E-state index contributed by atoms with van der Waals surface area (Å²) >= 11 is 0. The van der Waals surface area contributed by atoms with E-state index in [0.717, 1.165) is 0 Å². The third kappa shape index (κ3) is 2.02. The normalized spacial score (nSPS) is 64.8. The molecule has 11 unspecified atom stereocenters. The molecule has 0 aromatic carbocycles. The van der Waals surface area contributed by atoms with Gasteiger partial charge in [-0.05, 0) is 45.4 Å². The van der Waals surface area contributed by atoms with Crippen molar-refractivity contribution in [3.8, 4) is 0 Å². The summed E-state index contributed by atoms with van der Waals surface area (Å²) in [5.41, 5.74) is -6.94. The predicted molar refractivity (Wildman–Crippen MR) is 95.4 cm³/mol. The van der Waals surface area contributed by atoms with Crippen molar-refractivity contribution < 1.29 is 35.7 Å². The molecule has 156 valence electrons. The van der Waals surface area contributed by atoms with Gasteiger partial charge in [-0.2, -0.15) is 0 Å². The monoisotopic (exact) mass is 386 g/mol. The molecule has 1 spiro atoms. The van der Waals surface area contributed by atoms with Crippen LogP contribution in [0.5, 0.6) is 0 Å². The van der Waals surface area contributed by atoms with E-state index in [4.69, 9.17) is 0 Å². The van der Waals surface area contributed by atoms with Gasteiger partial charge in [-0.1, -0.05) is 13.8 Å². The molecule has 0 aromatic heterocycles. The summed E-state index contributed by atoms with van der Waals surface area (Å²) < 4.78 is 0. The van der Waals surface area contributed by atoms with E-state index in [1.54, 1.807) is 20.8 Å². The molecule has 4 aliphatic carbocycles. The Labute approximate surface area is 159 Å². The first-order chi connectivity index (χ1) is 12.2. The molecule has 7 nitrogen and oxygen atoms in total. The van der Waals surface area contributed by atoms with Gasteiger partial charge in [0.15, 0.2) is 0 Å². The number of fused-ring (bicyclic) bond motifs is 2. The van der Waals surface area contributed by atoms with E-state index in [2.05, 4.69) is 0 Å². The first kappa shape index (κ1) is 20.0. The highest BCUT2D eigenvalue weighted by Gasteiger charge is 2.78. The van der Waals surface area contributed by atoms with Crippen molar-refractivity contribution in [1.29, 1.82) is 0 Å². The number of hydrogen-bond donors (Lipinski definition) is 7. The Morgan fingerprint density at radius 1 is 0.815 bits per heavy atom. The Balaban J connectivity index is 1.92. The molecule has 0 radical (unpaired) electrons. The van der Waals surface area contributed by atoms with Crippen LogP contribution >= 0.6 is 0 Å². The Hall–Kier alpha value is -0.280. The lowest BCUT2D eigenvalue weighted by Crippen LogP contribution is -2.62. The van der Waals surface area contributed by atoms with Crippen molar-refractivity contribution >= 4 is 0 Å². The lowest BCUT2D eigenvalue weighted by Gasteiger charge is -2.51. The van der Waals surface area contributed by atoms with E-state index in [-0.39, 0.29) is 18.8 Å². The lowest BCUT2D eigenvalue weighted by atomic mass is 9.57. The summed E-state index contributed by atoms with van der Waals surface area (Å²) in [4.78, 5) is 0. The molecule has 7 heteroatoms. The lowest BCUT2D eigenvalue weighted by molar-refractivity contribution is -0.209. The van der Waals surface area contributed by atoms with Gasteiger partial charge >= 0.3 is 0 Å². The van der Waals surface area contributed by atoms with Gasteiger partial charge in [0, 0.05) is 22.7 Å². The van der Waals surface area contributed by atoms with Crippen LogP contribution < -0.4 is 0 Å². The van der Waals surface area contributed by atoms with Crippen LogP contribution in [0, 0.1) is 28.6 Å². The summed E-state index contributed by atoms with van der Waals surface area (Å²) in [6.45, 7) is 6.38. The predicted octanol–water partition coefficient (Wildman–Crippen LogP) is -0.861. The van der Waals surface area contributed by atoms with E-state index in [1.165, 1.54) is 6.92 Å². The zero-order chi connectivity index (χ0) is 20.4. The minimum atomic E-state index is -1.94. The van der Waals surface area contributed by atoms with Crippen LogP contribution in [0.1, 0.15) is 53.4 Å². The number of hydrogen-bond acceptors (Lipinski definition) is 7. The van der Waals surface area contributed by atoms with Gasteiger partial charge in [-0.25, -0.2) is 0 Å². The van der Waals surface area contributed by atoms with E-state index in [1.807, 2.05) is 0 Å². The fraction of sp³-hybridized carbons (Fsp3) is 1.00. The number of aliphatic hydroxyl groups excluding tert-OH is 4. The summed E-state index contributed by atoms with van der Waals surface area (Å²) in [5.74, 6) is -2.06. The second-order valence-corrected chi connectivity index (χ2v) is 10.9. The first-order valence-electron chi connectivity index (χ1n) is 10.0. The molecule has 0 saturated heterocycles. The smallest absolute Gasteiger partial charge is 0.106 e. The summed E-state index contributed by atoms with van der Waals surface area (Å²) in [6, 6.07) is 0. The van der Waals surface area contributed by atoms with Gasteiger partial charge in [0.1, 0.15) is 5.60 Å². The molecule has 2 bridgehead atoms. The van der Waals surface area contributed by atoms with Crippen molar-refractivity contribution in [3.05, 3.63) is 0 Å². The molecular formula is C20H34O7. The average Bonchev–Trinajstić information content (AvgIpc) is 2.71. The molecule has 0 aliphatic heterocycles. The molecule has 4 fully saturated rings. The van der Waals surface area contributed by atoms with E-state index in [0.29, 0.717) is 12.8 Å². The standard InChI is InChI=1S/C20H34O7/c1-16(2)15(24)12(22)13-18(4,26)10-6-5-9-14(23)19(10,8-17(9,3)25)7-11(21)20(13,16)27/h9-15,21-27H,5-8H2,1-4H3. The average molecular weight is 386 g/mol. The summed E-state index contributed by atoms with van der Waals surface area (Å²) in [7, 11) is 0. The van der Waals surface area contributed by atoms with Gasteiger partial charge in [0.05, 0.1) is 35.6 Å². The third-order valence-corrected chi connectivity index (χ3v) is 9.24. The highest BCUT2D eigenvalue weighted by atomic mass is 16.4.